The lowest BCUT2D eigenvalue weighted by molar-refractivity contribution is 0.0902. The van der Waals surface area contributed by atoms with Crippen LogP contribution in [0.5, 0.6) is 0 Å². The largest absolute Gasteiger partial charge is 0.378 e. The van der Waals surface area contributed by atoms with Gasteiger partial charge in [0.1, 0.15) is 0 Å². The van der Waals surface area contributed by atoms with Gasteiger partial charge in [-0.15, -0.1) is 0 Å². The Morgan fingerprint density at radius 3 is 2.47 bits per heavy atom. The number of alkyl halides is 1. The minimum Gasteiger partial charge on any atom is -0.378 e. The van der Waals surface area contributed by atoms with E-state index in [2.05, 4.69) is 15.9 Å². The molecular formula is C11H22BrNO3S. The fourth-order valence-corrected chi connectivity index (χ4v) is 4.01. The minimum absolute atomic E-state index is 0.0820. The average Bonchev–Trinajstić information content (AvgIpc) is 2.13. The predicted molar refractivity (Wildman–Crippen MR) is 73.0 cm³/mol. The highest BCUT2D eigenvalue weighted by Gasteiger charge is 2.32. The zero-order valence-corrected chi connectivity index (χ0v) is 13.0. The van der Waals surface area contributed by atoms with Crippen LogP contribution in [0.15, 0.2) is 0 Å². The molecule has 1 aliphatic carbocycles. The summed E-state index contributed by atoms with van der Waals surface area (Å²) in [7, 11) is -3.16. The molecule has 0 spiro atoms. The monoisotopic (exact) mass is 327 g/mol. The number of hydrogen-bond acceptors (Lipinski definition) is 3. The summed E-state index contributed by atoms with van der Waals surface area (Å²) >= 11 is 3.32. The fourth-order valence-electron chi connectivity index (χ4n) is 1.81. The van der Waals surface area contributed by atoms with Gasteiger partial charge in [0.2, 0.25) is 10.0 Å². The third-order valence-corrected chi connectivity index (χ3v) is 5.17. The molecule has 0 aliphatic heterocycles. The third-order valence-electron chi connectivity index (χ3n) is 2.94. The molecule has 0 atom stereocenters. The SMILES string of the molecule is CC(C)OCCS(=O)(=O)N(CCBr)C1CCC1. The topological polar surface area (TPSA) is 46.6 Å². The molecule has 1 saturated carbocycles. The average molecular weight is 328 g/mol. The van der Waals surface area contributed by atoms with E-state index >= 15 is 0 Å². The van der Waals surface area contributed by atoms with Crippen molar-refractivity contribution in [1.29, 1.82) is 0 Å². The van der Waals surface area contributed by atoms with Crippen molar-refractivity contribution < 1.29 is 13.2 Å². The molecule has 0 heterocycles. The number of sulfonamides is 1. The maximum atomic E-state index is 12.2. The van der Waals surface area contributed by atoms with E-state index in [1.807, 2.05) is 13.8 Å². The second kappa shape index (κ2) is 7.07. The van der Waals surface area contributed by atoms with E-state index in [1.165, 1.54) is 0 Å². The van der Waals surface area contributed by atoms with E-state index in [0.29, 0.717) is 11.9 Å². The number of halogens is 1. The van der Waals surface area contributed by atoms with Crippen LogP contribution in [0.3, 0.4) is 0 Å². The van der Waals surface area contributed by atoms with Crippen molar-refractivity contribution in [3.63, 3.8) is 0 Å². The zero-order chi connectivity index (χ0) is 12.9. The van der Waals surface area contributed by atoms with Crippen molar-refractivity contribution in [3.05, 3.63) is 0 Å². The summed E-state index contributed by atoms with van der Waals surface area (Å²) in [6.45, 7) is 4.67. The lowest BCUT2D eigenvalue weighted by atomic mass is 9.93. The van der Waals surface area contributed by atoms with Gasteiger partial charge in [-0.3, -0.25) is 0 Å². The Bertz CT molecular complexity index is 315. The summed E-state index contributed by atoms with van der Waals surface area (Å²) in [6.07, 6.45) is 3.22. The molecule has 0 amide bonds. The fraction of sp³-hybridized carbons (Fsp3) is 1.00. The van der Waals surface area contributed by atoms with Crippen LogP contribution >= 0.6 is 15.9 Å². The Hall–Kier alpha value is 0.350. The van der Waals surface area contributed by atoms with Crippen LogP contribution in [0, 0.1) is 0 Å². The van der Waals surface area contributed by atoms with E-state index in [1.54, 1.807) is 4.31 Å². The van der Waals surface area contributed by atoms with Crippen LogP contribution < -0.4 is 0 Å². The van der Waals surface area contributed by atoms with Crippen LogP contribution in [0.25, 0.3) is 0 Å². The van der Waals surface area contributed by atoms with Gasteiger partial charge in [0.25, 0.3) is 0 Å². The smallest absolute Gasteiger partial charge is 0.216 e. The van der Waals surface area contributed by atoms with Gasteiger partial charge in [-0.1, -0.05) is 22.4 Å². The van der Waals surface area contributed by atoms with Crippen LogP contribution in [0.2, 0.25) is 0 Å². The van der Waals surface area contributed by atoms with Gasteiger partial charge < -0.3 is 4.74 Å². The molecule has 0 aromatic heterocycles. The van der Waals surface area contributed by atoms with E-state index < -0.39 is 10.0 Å². The molecule has 0 N–H and O–H groups in total. The Labute approximate surface area is 113 Å². The highest BCUT2D eigenvalue weighted by molar-refractivity contribution is 9.09. The molecule has 1 fully saturated rings. The number of ether oxygens (including phenoxy) is 1. The molecule has 0 unspecified atom stereocenters. The molecule has 0 aromatic carbocycles. The van der Waals surface area contributed by atoms with Crippen LogP contribution in [0.1, 0.15) is 33.1 Å². The second-order valence-corrected chi connectivity index (χ2v) is 7.45. The summed E-state index contributed by atoms with van der Waals surface area (Å²) in [4.78, 5) is 0. The van der Waals surface area contributed by atoms with Crippen molar-refractivity contribution in [2.45, 2.75) is 45.3 Å². The molecule has 0 aromatic rings. The maximum absolute atomic E-state index is 12.2. The lowest BCUT2D eigenvalue weighted by Crippen LogP contribution is -2.46. The first kappa shape index (κ1) is 15.4. The number of hydrogen-bond donors (Lipinski definition) is 0. The minimum atomic E-state index is -3.16. The summed E-state index contributed by atoms with van der Waals surface area (Å²) in [5, 5.41) is 0.688. The molecule has 1 rings (SSSR count). The molecule has 4 nitrogen and oxygen atoms in total. The summed E-state index contributed by atoms with van der Waals surface area (Å²) < 4.78 is 31.3. The lowest BCUT2D eigenvalue weighted by Gasteiger charge is -2.36. The van der Waals surface area contributed by atoms with Crippen LogP contribution in [-0.2, 0) is 14.8 Å². The normalized spacial score (nSPS) is 17.7. The van der Waals surface area contributed by atoms with E-state index in [4.69, 9.17) is 4.74 Å². The number of nitrogens with zero attached hydrogens (tertiary/aromatic N) is 1. The van der Waals surface area contributed by atoms with Gasteiger partial charge in [-0.25, -0.2) is 8.42 Å². The molecule has 0 bridgehead atoms. The van der Waals surface area contributed by atoms with Gasteiger partial charge in [0.05, 0.1) is 18.5 Å². The molecule has 6 heteroatoms. The Morgan fingerprint density at radius 1 is 1.41 bits per heavy atom. The van der Waals surface area contributed by atoms with Gasteiger partial charge in [0, 0.05) is 17.9 Å². The van der Waals surface area contributed by atoms with Crippen molar-refractivity contribution in [1.82, 2.24) is 4.31 Å². The summed E-state index contributed by atoms with van der Waals surface area (Å²) in [5.41, 5.74) is 0. The quantitative estimate of drug-likeness (QED) is 0.640. The first-order chi connectivity index (χ1) is 7.97. The zero-order valence-electron chi connectivity index (χ0n) is 10.6. The standard InChI is InChI=1S/C11H22BrNO3S/c1-10(2)16-8-9-17(14,15)13(7-6-12)11-4-3-5-11/h10-11H,3-9H2,1-2H3. The molecule has 0 saturated heterocycles. The van der Waals surface area contributed by atoms with Gasteiger partial charge in [0.15, 0.2) is 0 Å². The maximum Gasteiger partial charge on any atom is 0.216 e. The summed E-state index contributed by atoms with van der Waals surface area (Å²) in [5.74, 6) is 0.0919. The third kappa shape index (κ3) is 4.85. The van der Waals surface area contributed by atoms with Crippen molar-refractivity contribution in [2.24, 2.45) is 0 Å². The predicted octanol–water partition coefficient (Wildman–Crippen LogP) is 1.99. The highest BCUT2D eigenvalue weighted by atomic mass is 79.9. The van der Waals surface area contributed by atoms with Crippen LogP contribution in [-0.4, -0.2) is 49.1 Å². The molecule has 0 radical (unpaired) electrons. The van der Waals surface area contributed by atoms with E-state index in [9.17, 15) is 8.42 Å². The molecule has 1 aliphatic rings. The summed E-state index contributed by atoms with van der Waals surface area (Å²) in [6, 6.07) is 0.219. The van der Waals surface area contributed by atoms with Gasteiger partial charge in [-0.2, -0.15) is 4.31 Å². The van der Waals surface area contributed by atoms with E-state index in [-0.39, 0.29) is 24.5 Å². The number of rotatable bonds is 8. The van der Waals surface area contributed by atoms with Crippen molar-refractivity contribution in [3.8, 4) is 0 Å². The van der Waals surface area contributed by atoms with Gasteiger partial charge in [-0.05, 0) is 26.7 Å². The molecule has 102 valence electrons. The molecular weight excluding hydrogens is 306 g/mol. The van der Waals surface area contributed by atoms with Crippen LogP contribution in [0.4, 0.5) is 0 Å². The highest BCUT2D eigenvalue weighted by Crippen LogP contribution is 2.27. The Morgan fingerprint density at radius 2 is 2.06 bits per heavy atom. The Balaban J connectivity index is 2.51. The first-order valence-electron chi connectivity index (χ1n) is 6.14. The first-order valence-corrected chi connectivity index (χ1v) is 8.87. The van der Waals surface area contributed by atoms with Crippen molar-refractivity contribution >= 4 is 26.0 Å². The van der Waals surface area contributed by atoms with Crippen molar-refractivity contribution in [2.75, 3.05) is 24.2 Å². The Kier molecular flexibility index (Phi) is 6.40. The van der Waals surface area contributed by atoms with E-state index in [0.717, 1.165) is 19.3 Å². The second-order valence-electron chi connectivity index (χ2n) is 4.62. The van der Waals surface area contributed by atoms with Gasteiger partial charge >= 0.3 is 0 Å². The molecule has 17 heavy (non-hydrogen) atoms.